The highest BCUT2D eigenvalue weighted by molar-refractivity contribution is 6.31. The topological polar surface area (TPSA) is 44.0 Å². The Balaban J connectivity index is 2.54. The predicted molar refractivity (Wildman–Crippen MR) is 63.2 cm³/mol. The molecule has 0 radical (unpaired) electrons. The number of benzene rings is 2. The smallest absolute Gasteiger partial charge is 0.165 e. The van der Waals surface area contributed by atoms with Gasteiger partial charge in [-0.05, 0) is 35.4 Å². The first-order valence-electron chi connectivity index (χ1n) is 4.80. The third-order valence-corrected chi connectivity index (χ3v) is 2.70. The van der Waals surface area contributed by atoms with Gasteiger partial charge in [0.15, 0.2) is 11.6 Å². The minimum atomic E-state index is -0.698. The molecule has 2 nitrogen and oxygen atoms in total. The zero-order valence-corrected chi connectivity index (χ0v) is 9.37. The van der Waals surface area contributed by atoms with E-state index in [1.807, 2.05) is 6.07 Å². The van der Waals surface area contributed by atoms with Gasteiger partial charge >= 0.3 is 0 Å². The summed E-state index contributed by atoms with van der Waals surface area (Å²) in [5, 5.41) is 18.3. The van der Waals surface area contributed by atoms with E-state index in [1.165, 1.54) is 12.1 Å². The molecule has 0 fully saturated rings. The number of hydrogen-bond acceptors (Lipinski definition) is 2. The molecule has 0 aliphatic carbocycles. The second-order valence-electron chi connectivity index (χ2n) is 3.47. The van der Waals surface area contributed by atoms with Crippen LogP contribution in [0.3, 0.4) is 0 Å². The molecule has 0 saturated heterocycles. The van der Waals surface area contributed by atoms with Crippen molar-refractivity contribution in [1.29, 1.82) is 5.26 Å². The van der Waals surface area contributed by atoms with E-state index in [1.54, 1.807) is 24.3 Å². The average molecular weight is 248 g/mol. The van der Waals surface area contributed by atoms with Crippen molar-refractivity contribution >= 4 is 11.6 Å². The molecule has 1 N–H and O–H groups in total. The number of hydrogen-bond donors (Lipinski definition) is 1. The summed E-state index contributed by atoms with van der Waals surface area (Å²) >= 11 is 5.80. The molecule has 0 aromatic heterocycles. The van der Waals surface area contributed by atoms with Crippen LogP contribution in [0.25, 0.3) is 11.1 Å². The van der Waals surface area contributed by atoms with Gasteiger partial charge in [0.05, 0.1) is 10.6 Å². The summed E-state index contributed by atoms with van der Waals surface area (Å²) in [6, 6.07) is 10.9. The second kappa shape index (κ2) is 4.44. The third-order valence-electron chi connectivity index (χ3n) is 2.37. The summed E-state index contributed by atoms with van der Waals surface area (Å²) in [7, 11) is 0. The summed E-state index contributed by atoms with van der Waals surface area (Å²) in [5.41, 5.74) is 1.58. The van der Waals surface area contributed by atoms with Gasteiger partial charge in [0.2, 0.25) is 0 Å². The molecule has 4 heteroatoms. The van der Waals surface area contributed by atoms with E-state index in [-0.39, 0.29) is 0 Å². The molecule has 0 bridgehead atoms. The van der Waals surface area contributed by atoms with Gasteiger partial charge in [-0.2, -0.15) is 5.26 Å². The van der Waals surface area contributed by atoms with E-state index in [0.717, 1.165) is 0 Å². The quantitative estimate of drug-likeness (QED) is 0.835. The van der Waals surface area contributed by atoms with Crippen LogP contribution in [0.4, 0.5) is 4.39 Å². The highest BCUT2D eigenvalue weighted by atomic mass is 35.5. The van der Waals surface area contributed by atoms with E-state index in [9.17, 15) is 4.39 Å². The van der Waals surface area contributed by atoms with Gasteiger partial charge in [-0.1, -0.05) is 23.7 Å². The molecule has 84 valence electrons. The summed E-state index contributed by atoms with van der Waals surface area (Å²) in [6.45, 7) is 0. The van der Waals surface area contributed by atoms with Crippen molar-refractivity contribution in [3.63, 3.8) is 0 Å². The van der Waals surface area contributed by atoms with Crippen molar-refractivity contribution in [3.8, 4) is 22.9 Å². The Morgan fingerprint density at radius 1 is 1.12 bits per heavy atom. The molecule has 0 unspecified atom stereocenters. The molecular formula is C13H7ClFNO. The van der Waals surface area contributed by atoms with Gasteiger partial charge < -0.3 is 5.11 Å². The third kappa shape index (κ3) is 2.22. The van der Waals surface area contributed by atoms with Crippen molar-refractivity contribution in [2.24, 2.45) is 0 Å². The van der Waals surface area contributed by atoms with Gasteiger partial charge in [0.25, 0.3) is 0 Å². The maximum absolute atomic E-state index is 13.2. The van der Waals surface area contributed by atoms with E-state index >= 15 is 0 Å². The van der Waals surface area contributed by atoms with Crippen LogP contribution >= 0.6 is 11.6 Å². The Bertz CT molecular complexity index is 619. The lowest BCUT2D eigenvalue weighted by atomic mass is 10.0. The lowest BCUT2D eigenvalue weighted by Gasteiger charge is -2.04. The Hall–Kier alpha value is -2.05. The van der Waals surface area contributed by atoms with Crippen molar-refractivity contribution in [2.45, 2.75) is 0 Å². The maximum atomic E-state index is 13.2. The molecular weight excluding hydrogens is 241 g/mol. The zero-order valence-electron chi connectivity index (χ0n) is 8.61. The minimum absolute atomic E-state index is 0.331. The van der Waals surface area contributed by atoms with E-state index < -0.39 is 11.6 Å². The van der Waals surface area contributed by atoms with Crippen LogP contribution in [-0.2, 0) is 0 Å². The van der Waals surface area contributed by atoms with E-state index in [0.29, 0.717) is 21.7 Å². The Morgan fingerprint density at radius 3 is 2.41 bits per heavy atom. The maximum Gasteiger partial charge on any atom is 0.165 e. The van der Waals surface area contributed by atoms with Crippen LogP contribution in [0.2, 0.25) is 5.02 Å². The first-order valence-corrected chi connectivity index (χ1v) is 5.18. The van der Waals surface area contributed by atoms with Crippen LogP contribution in [0, 0.1) is 17.1 Å². The number of aromatic hydroxyl groups is 1. The lowest BCUT2D eigenvalue weighted by molar-refractivity contribution is 0.432. The first kappa shape index (κ1) is 11.4. The van der Waals surface area contributed by atoms with Gasteiger partial charge in [-0.15, -0.1) is 0 Å². The number of nitriles is 1. The Labute approximate surface area is 103 Å². The fraction of sp³-hybridized carbons (Fsp3) is 0. The summed E-state index contributed by atoms with van der Waals surface area (Å²) in [4.78, 5) is 0. The summed E-state index contributed by atoms with van der Waals surface area (Å²) in [5.74, 6) is -1.10. The van der Waals surface area contributed by atoms with E-state index in [2.05, 4.69) is 0 Å². The highest BCUT2D eigenvalue weighted by Gasteiger charge is 2.06. The highest BCUT2D eigenvalue weighted by Crippen LogP contribution is 2.27. The molecule has 0 atom stereocenters. The first-order chi connectivity index (χ1) is 8.11. The normalized spacial score (nSPS) is 9.94. The van der Waals surface area contributed by atoms with Crippen molar-refractivity contribution in [3.05, 3.63) is 52.8 Å². The zero-order chi connectivity index (χ0) is 12.4. The molecule has 0 saturated carbocycles. The molecule has 2 rings (SSSR count). The fourth-order valence-corrected chi connectivity index (χ4v) is 1.64. The van der Waals surface area contributed by atoms with Crippen LogP contribution < -0.4 is 0 Å². The number of phenols is 1. The Kier molecular flexibility index (Phi) is 2.99. The van der Waals surface area contributed by atoms with Crippen molar-refractivity contribution in [1.82, 2.24) is 0 Å². The van der Waals surface area contributed by atoms with Gasteiger partial charge in [-0.3, -0.25) is 0 Å². The molecule has 2 aromatic carbocycles. The SMILES string of the molecule is N#Cc1cc(-c2ccc(O)c(F)c2)ccc1Cl. The van der Waals surface area contributed by atoms with Crippen LogP contribution in [0.15, 0.2) is 36.4 Å². The number of nitrogens with zero attached hydrogens (tertiary/aromatic N) is 1. The van der Waals surface area contributed by atoms with Crippen LogP contribution in [0.1, 0.15) is 5.56 Å². The van der Waals surface area contributed by atoms with Crippen molar-refractivity contribution in [2.75, 3.05) is 0 Å². The standard InChI is InChI=1S/C13H7ClFNO/c14-11-3-1-8(5-10(11)7-16)9-2-4-13(17)12(15)6-9/h1-6,17H. The second-order valence-corrected chi connectivity index (χ2v) is 3.88. The number of halogens is 2. The molecule has 0 amide bonds. The van der Waals surface area contributed by atoms with Gasteiger partial charge in [0.1, 0.15) is 6.07 Å². The molecule has 0 spiro atoms. The monoisotopic (exact) mass is 247 g/mol. The number of rotatable bonds is 1. The average Bonchev–Trinajstić information content (AvgIpc) is 2.33. The fourth-order valence-electron chi connectivity index (χ4n) is 1.48. The van der Waals surface area contributed by atoms with Crippen LogP contribution in [-0.4, -0.2) is 5.11 Å². The van der Waals surface area contributed by atoms with Gasteiger partial charge in [0, 0.05) is 0 Å². The lowest BCUT2D eigenvalue weighted by Crippen LogP contribution is -1.84. The molecule has 0 aliphatic rings. The number of phenolic OH excluding ortho intramolecular Hbond substituents is 1. The molecule has 2 aromatic rings. The van der Waals surface area contributed by atoms with E-state index in [4.69, 9.17) is 22.0 Å². The molecule has 0 aliphatic heterocycles. The summed E-state index contributed by atoms with van der Waals surface area (Å²) in [6.07, 6.45) is 0. The largest absolute Gasteiger partial charge is 0.505 e. The van der Waals surface area contributed by atoms with Crippen LogP contribution in [0.5, 0.6) is 5.75 Å². The molecule has 17 heavy (non-hydrogen) atoms. The van der Waals surface area contributed by atoms with Gasteiger partial charge in [-0.25, -0.2) is 4.39 Å². The predicted octanol–water partition coefficient (Wildman–Crippen LogP) is 3.72. The summed E-state index contributed by atoms with van der Waals surface area (Å²) < 4.78 is 13.2. The van der Waals surface area contributed by atoms with Crippen molar-refractivity contribution < 1.29 is 9.50 Å². The minimum Gasteiger partial charge on any atom is -0.505 e. The molecule has 0 heterocycles. The Morgan fingerprint density at radius 2 is 1.76 bits per heavy atom.